The summed E-state index contributed by atoms with van der Waals surface area (Å²) in [6, 6.07) is 7.24. The molecule has 2 aromatic heterocycles. The molecule has 0 bridgehead atoms. The van der Waals surface area contributed by atoms with Gasteiger partial charge in [-0.1, -0.05) is 12.1 Å². The van der Waals surface area contributed by atoms with Crippen LogP contribution in [0, 0.1) is 10.1 Å². The molecule has 26 heavy (non-hydrogen) atoms. The van der Waals surface area contributed by atoms with E-state index in [0.717, 1.165) is 19.4 Å². The van der Waals surface area contributed by atoms with Crippen molar-refractivity contribution >= 4 is 34.5 Å². The number of halogens is 2. The van der Waals surface area contributed by atoms with E-state index in [1.54, 1.807) is 18.2 Å². The molecule has 0 saturated heterocycles. The van der Waals surface area contributed by atoms with Gasteiger partial charge in [-0.3, -0.25) is 14.7 Å². The van der Waals surface area contributed by atoms with E-state index in [1.165, 1.54) is 6.07 Å². The summed E-state index contributed by atoms with van der Waals surface area (Å²) in [7, 11) is 1.13. The second kappa shape index (κ2) is 7.04. The largest absolute Gasteiger partial charge is 0.465 e. The van der Waals surface area contributed by atoms with Gasteiger partial charge in [0.15, 0.2) is 10.2 Å². The molecule has 0 aliphatic rings. The van der Waals surface area contributed by atoms with E-state index in [9.17, 15) is 23.7 Å². The van der Waals surface area contributed by atoms with Crippen LogP contribution in [0.5, 0.6) is 0 Å². The Hall–Kier alpha value is -3.08. The number of para-hydroxylation sites is 2. The number of ether oxygens (including phenoxy) is 1. The molecule has 8 nitrogen and oxygen atoms in total. The fraction of sp³-hybridized carbons (Fsp3) is 0.133. The predicted molar refractivity (Wildman–Crippen MR) is 87.3 cm³/mol. The van der Waals surface area contributed by atoms with Crippen molar-refractivity contribution in [2.75, 3.05) is 7.11 Å². The molecular weight excluding hydrogens is 370 g/mol. The molecule has 0 amide bonds. The highest BCUT2D eigenvalue weighted by Gasteiger charge is 2.25. The highest BCUT2D eigenvalue weighted by Crippen LogP contribution is 2.36. The lowest BCUT2D eigenvalue weighted by atomic mass is 10.3. The number of hydrogen-bond donors (Lipinski definition) is 0. The van der Waals surface area contributed by atoms with Crippen LogP contribution in [0.15, 0.2) is 46.7 Å². The Morgan fingerprint density at radius 1 is 1.38 bits per heavy atom. The first-order chi connectivity index (χ1) is 12.4. The van der Waals surface area contributed by atoms with Gasteiger partial charge in [-0.05, 0) is 23.9 Å². The molecule has 0 atom stereocenters. The zero-order chi connectivity index (χ0) is 18.8. The minimum absolute atomic E-state index is 0.120. The molecule has 0 aliphatic carbocycles. The number of imidazole rings is 1. The summed E-state index contributed by atoms with van der Waals surface area (Å²) in [4.78, 5) is 30.0. The normalized spacial score (nSPS) is 11.1. The first-order valence-corrected chi connectivity index (χ1v) is 7.89. The topological polar surface area (TPSA) is 100 Å². The minimum atomic E-state index is -2.89. The van der Waals surface area contributed by atoms with E-state index in [4.69, 9.17) is 0 Å². The Morgan fingerprint density at radius 3 is 2.77 bits per heavy atom. The van der Waals surface area contributed by atoms with E-state index in [0.29, 0.717) is 21.8 Å². The molecule has 0 radical (unpaired) electrons. The average Bonchev–Trinajstić information content (AvgIpc) is 2.99. The van der Waals surface area contributed by atoms with E-state index >= 15 is 0 Å². The third-order valence-corrected chi connectivity index (χ3v) is 4.38. The Labute approximate surface area is 149 Å². The lowest BCUT2D eigenvalue weighted by Crippen LogP contribution is -2.05. The third-order valence-electron chi connectivity index (χ3n) is 3.40. The standard InChI is InChI=1S/C15H10F2N4O4S/c1-25-13(22)8-6-11(21(23)24)12(18-7-8)26-15-19-9-4-2-3-5-10(9)20(15)14(16)17/h2-7,14H,1H3. The number of pyridine rings is 1. The van der Waals surface area contributed by atoms with Crippen LogP contribution in [0.4, 0.5) is 14.5 Å². The number of benzene rings is 1. The summed E-state index contributed by atoms with van der Waals surface area (Å²) in [5.41, 5.74) is -0.111. The van der Waals surface area contributed by atoms with Crippen molar-refractivity contribution in [2.45, 2.75) is 16.7 Å². The fourth-order valence-corrected chi connectivity index (χ4v) is 3.19. The predicted octanol–water partition coefficient (Wildman–Crippen LogP) is 3.67. The van der Waals surface area contributed by atoms with Gasteiger partial charge in [0.1, 0.15) is 0 Å². The molecule has 0 fully saturated rings. The van der Waals surface area contributed by atoms with Gasteiger partial charge in [-0.2, -0.15) is 8.78 Å². The highest BCUT2D eigenvalue weighted by molar-refractivity contribution is 7.99. The van der Waals surface area contributed by atoms with Crippen molar-refractivity contribution in [1.29, 1.82) is 0 Å². The lowest BCUT2D eigenvalue weighted by Gasteiger charge is -2.07. The van der Waals surface area contributed by atoms with E-state index in [-0.39, 0.29) is 21.3 Å². The zero-order valence-electron chi connectivity index (χ0n) is 13.1. The summed E-state index contributed by atoms with van der Waals surface area (Å²) in [5.74, 6) is -0.794. The summed E-state index contributed by atoms with van der Waals surface area (Å²) >= 11 is 0.618. The van der Waals surface area contributed by atoms with E-state index in [2.05, 4.69) is 14.7 Å². The molecule has 0 N–H and O–H groups in total. The van der Waals surface area contributed by atoms with Gasteiger partial charge < -0.3 is 4.74 Å². The maximum absolute atomic E-state index is 13.5. The maximum Gasteiger partial charge on any atom is 0.339 e. The Bertz CT molecular complexity index is 1010. The van der Waals surface area contributed by atoms with Gasteiger partial charge in [-0.25, -0.2) is 14.8 Å². The average molecular weight is 380 g/mol. The summed E-state index contributed by atoms with van der Waals surface area (Å²) in [6.45, 7) is -2.89. The van der Waals surface area contributed by atoms with E-state index in [1.807, 2.05) is 0 Å². The molecule has 0 aliphatic heterocycles. The Balaban J connectivity index is 2.09. The van der Waals surface area contributed by atoms with Gasteiger partial charge in [0, 0.05) is 12.3 Å². The number of alkyl halides is 2. The first-order valence-electron chi connectivity index (χ1n) is 7.08. The molecule has 3 aromatic rings. The summed E-state index contributed by atoms with van der Waals surface area (Å²) < 4.78 is 32.1. The zero-order valence-corrected chi connectivity index (χ0v) is 13.9. The Kier molecular flexibility index (Phi) is 4.80. The van der Waals surface area contributed by atoms with Crippen LogP contribution in [0.25, 0.3) is 11.0 Å². The van der Waals surface area contributed by atoms with Crippen molar-refractivity contribution in [3.05, 3.63) is 52.2 Å². The summed E-state index contributed by atoms with van der Waals surface area (Å²) in [6.07, 6.45) is 1.08. The van der Waals surface area contributed by atoms with Gasteiger partial charge >= 0.3 is 18.2 Å². The van der Waals surface area contributed by atoms with Crippen LogP contribution in [0.2, 0.25) is 0 Å². The number of carbonyl (C=O) groups is 1. The molecule has 0 spiro atoms. The fourth-order valence-electron chi connectivity index (χ4n) is 2.25. The number of aromatic nitrogens is 3. The summed E-state index contributed by atoms with van der Waals surface area (Å²) in [5, 5.41) is 11.0. The number of hydrogen-bond acceptors (Lipinski definition) is 7. The highest BCUT2D eigenvalue weighted by atomic mass is 32.2. The lowest BCUT2D eigenvalue weighted by molar-refractivity contribution is -0.388. The van der Waals surface area contributed by atoms with Gasteiger partial charge in [0.2, 0.25) is 0 Å². The second-order valence-corrected chi connectivity index (χ2v) is 5.89. The second-order valence-electron chi connectivity index (χ2n) is 4.93. The quantitative estimate of drug-likeness (QED) is 0.378. The van der Waals surface area contributed by atoms with Crippen LogP contribution in [0.1, 0.15) is 16.9 Å². The van der Waals surface area contributed by atoms with Crippen molar-refractivity contribution in [2.24, 2.45) is 0 Å². The van der Waals surface area contributed by atoms with Gasteiger partial charge in [-0.15, -0.1) is 0 Å². The maximum atomic E-state index is 13.5. The van der Waals surface area contributed by atoms with Crippen LogP contribution in [-0.2, 0) is 4.74 Å². The van der Waals surface area contributed by atoms with Crippen molar-refractivity contribution < 1.29 is 23.2 Å². The van der Waals surface area contributed by atoms with Crippen molar-refractivity contribution in [1.82, 2.24) is 14.5 Å². The first kappa shape index (κ1) is 17.7. The van der Waals surface area contributed by atoms with Gasteiger partial charge in [0.05, 0.1) is 28.6 Å². The molecule has 11 heteroatoms. The van der Waals surface area contributed by atoms with Crippen molar-refractivity contribution in [3.63, 3.8) is 0 Å². The number of nitrogens with zero attached hydrogens (tertiary/aromatic N) is 4. The number of nitro groups is 1. The smallest absolute Gasteiger partial charge is 0.339 e. The molecule has 3 rings (SSSR count). The molecule has 134 valence electrons. The molecule has 0 saturated carbocycles. The van der Waals surface area contributed by atoms with Crippen LogP contribution < -0.4 is 0 Å². The number of fused-ring (bicyclic) bond motifs is 1. The van der Waals surface area contributed by atoms with Crippen molar-refractivity contribution in [3.8, 4) is 0 Å². The van der Waals surface area contributed by atoms with E-state index < -0.39 is 23.1 Å². The van der Waals surface area contributed by atoms with Gasteiger partial charge in [0.25, 0.3) is 0 Å². The molecular formula is C15H10F2N4O4S. The van der Waals surface area contributed by atoms with Crippen LogP contribution in [-0.4, -0.2) is 32.5 Å². The monoisotopic (exact) mass is 380 g/mol. The van der Waals surface area contributed by atoms with Crippen LogP contribution in [0.3, 0.4) is 0 Å². The number of carbonyl (C=O) groups excluding carboxylic acids is 1. The SMILES string of the molecule is COC(=O)c1cnc(Sc2nc3ccccc3n2C(F)F)c([N+](=O)[O-])c1. The number of rotatable bonds is 5. The molecule has 1 aromatic carbocycles. The third kappa shape index (κ3) is 3.20. The minimum Gasteiger partial charge on any atom is -0.465 e. The molecule has 2 heterocycles. The van der Waals surface area contributed by atoms with Crippen LogP contribution >= 0.6 is 11.8 Å². The molecule has 0 unspecified atom stereocenters. The number of esters is 1. The number of methoxy groups -OCH3 is 1. The Morgan fingerprint density at radius 2 is 2.12 bits per heavy atom.